The number of hydrogen-bond donors (Lipinski definition) is 1. The minimum absolute atomic E-state index is 0.632. The molecule has 1 aromatic heterocycles. The van der Waals surface area contributed by atoms with E-state index in [2.05, 4.69) is 44.1 Å². The van der Waals surface area contributed by atoms with Gasteiger partial charge in [-0.15, -0.1) is 11.3 Å². The smallest absolute Gasteiger partial charge is 0.0931 e. The van der Waals surface area contributed by atoms with Crippen molar-refractivity contribution in [1.29, 1.82) is 0 Å². The van der Waals surface area contributed by atoms with E-state index in [1.165, 1.54) is 4.88 Å². The Balaban J connectivity index is 2.16. The number of rotatable bonds is 7. The maximum Gasteiger partial charge on any atom is 0.0931 e. The van der Waals surface area contributed by atoms with Crippen LogP contribution in [-0.4, -0.2) is 31.1 Å². The van der Waals surface area contributed by atoms with E-state index in [-0.39, 0.29) is 0 Å². The van der Waals surface area contributed by atoms with Crippen LogP contribution in [0.2, 0.25) is 4.34 Å². The van der Waals surface area contributed by atoms with Crippen molar-refractivity contribution in [1.82, 2.24) is 10.2 Å². The Kier molecular flexibility index (Phi) is 6.49. The van der Waals surface area contributed by atoms with Gasteiger partial charge in [-0.05, 0) is 32.0 Å². The lowest BCUT2D eigenvalue weighted by atomic mass is 10.1. The van der Waals surface area contributed by atoms with Crippen molar-refractivity contribution in [2.24, 2.45) is 5.92 Å². The molecule has 0 saturated heterocycles. The summed E-state index contributed by atoms with van der Waals surface area (Å²) in [4.78, 5) is 3.70. The van der Waals surface area contributed by atoms with Crippen LogP contribution in [0, 0.1) is 5.92 Å². The minimum atomic E-state index is 0.632. The zero-order chi connectivity index (χ0) is 12.8. The highest BCUT2D eigenvalue weighted by Gasteiger charge is 2.11. The fraction of sp³-hybridized carbons (Fsp3) is 0.692. The van der Waals surface area contributed by atoms with Crippen LogP contribution in [0.4, 0.5) is 0 Å². The third kappa shape index (κ3) is 5.38. The summed E-state index contributed by atoms with van der Waals surface area (Å²) in [5.74, 6) is 0.705. The van der Waals surface area contributed by atoms with Crippen molar-refractivity contribution >= 4 is 22.9 Å². The van der Waals surface area contributed by atoms with Gasteiger partial charge in [0.05, 0.1) is 4.34 Å². The Hall–Kier alpha value is -0.0900. The van der Waals surface area contributed by atoms with E-state index in [4.69, 9.17) is 11.6 Å². The predicted octanol–water partition coefficient (Wildman–Crippen LogP) is 3.47. The highest BCUT2D eigenvalue weighted by molar-refractivity contribution is 7.16. The van der Waals surface area contributed by atoms with Crippen LogP contribution in [-0.2, 0) is 6.54 Å². The molecule has 1 aromatic rings. The summed E-state index contributed by atoms with van der Waals surface area (Å²) in [6.07, 6.45) is 0. The second kappa shape index (κ2) is 7.37. The van der Waals surface area contributed by atoms with Crippen LogP contribution < -0.4 is 5.32 Å². The SMILES string of the molecule is CC(C)C(C)N(C)CCNCc1ccc(Cl)s1. The third-order valence-corrected chi connectivity index (χ3v) is 4.46. The van der Waals surface area contributed by atoms with Gasteiger partial charge in [0.2, 0.25) is 0 Å². The highest BCUT2D eigenvalue weighted by Crippen LogP contribution is 2.20. The second-order valence-corrected chi connectivity index (χ2v) is 6.65. The molecule has 0 aromatic carbocycles. The molecule has 0 radical (unpaired) electrons. The van der Waals surface area contributed by atoms with Gasteiger partial charge in [0.1, 0.15) is 0 Å². The first-order chi connectivity index (χ1) is 8.00. The van der Waals surface area contributed by atoms with E-state index >= 15 is 0 Å². The Labute approximate surface area is 114 Å². The largest absolute Gasteiger partial charge is 0.311 e. The van der Waals surface area contributed by atoms with Gasteiger partial charge in [0.25, 0.3) is 0 Å². The Morgan fingerprint density at radius 2 is 2.06 bits per heavy atom. The molecule has 17 heavy (non-hydrogen) atoms. The molecule has 1 atom stereocenters. The van der Waals surface area contributed by atoms with E-state index in [1.807, 2.05) is 6.07 Å². The van der Waals surface area contributed by atoms with Gasteiger partial charge < -0.3 is 10.2 Å². The van der Waals surface area contributed by atoms with Crippen molar-refractivity contribution in [2.75, 3.05) is 20.1 Å². The maximum atomic E-state index is 5.88. The predicted molar refractivity (Wildman–Crippen MR) is 78.0 cm³/mol. The van der Waals surface area contributed by atoms with Crippen molar-refractivity contribution in [3.63, 3.8) is 0 Å². The lowest BCUT2D eigenvalue weighted by Crippen LogP contribution is -2.37. The summed E-state index contributed by atoms with van der Waals surface area (Å²) in [5, 5.41) is 3.45. The van der Waals surface area contributed by atoms with Crippen molar-refractivity contribution in [2.45, 2.75) is 33.4 Å². The first kappa shape index (κ1) is 15.0. The fourth-order valence-electron chi connectivity index (χ4n) is 1.63. The van der Waals surface area contributed by atoms with Crippen LogP contribution in [0.1, 0.15) is 25.6 Å². The molecular weight excluding hydrogens is 252 g/mol. The molecule has 4 heteroatoms. The maximum absolute atomic E-state index is 5.88. The fourth-order valence-corrected chi connectivity index (χ4v) is 2.68. The average molecular weight is 275 g/mol. The lowest BCUT2D eigenvalue weighted by Gasteiger charge is -2.27. The molecule has 0 amide bonds. The number of nitrogens with one attached hydrogen (secondary N) is 1. The molecule has 0 aliphatic heterocycles. The van der Waals surface area contributed by atoms with Gasteiger partial charge in [-0.3, -0.25) is 0 Å². The summed E-state index contributed by atoms with van der Waals surface area (Å²) in [5.41, 5.74) is 0. The molecule has 0 bridgehead atoms. The van der Waals surface area contributed by atoms with Crippen LogP contribution in [0.15, 0.2) is 12.1 Å². The molecule has 1 N–H and O–H groups in total. The topological polar surface area (TPSA) is 15.3 Å². The van der Waals surface area contributed by atoms with E-state index in [0.717, 1.165) is 24.0 Å². The minimum Gasteiger partial charge on any atom is -0.311 e. The Morgan fingerprint density at radius 1 is 1.35 bits per heavy atom. The van der Waals surface area contributed by atoms with Gasteiger partial charge >= 0.3 is 0 Å². The second-order valence-electron chi connectivity index (χ2n) is 4.85. The van der Waals surface area contributed by atoms with Crippen LogP contribution in [0.3, 0.4) is 0 Å². The summed E-state index contributed by atoms with van der Waals surface area (Å²) in [6.45, 7) is 9.83. The Morgan fingerprint density at radius 3 is 2.59 bits per heavy atom. The van der Waals surface area contributed by atoms with E-state index in [1.54, 1.807) is 11.3 Å². The normalized spacial score (nSPS) is 13.6. The molecule has 1 rings (SSSR count). The molecule has 0 spiro atoms. The van der Waals surface area contributed by atoms with E-state index in [0.29, 0.717) is 12.0 Å². The van der Waals surface area contributed by atoms with E-state index < -0.39 is 0 Å². The first-order valence-corrected chi connectivity index (χ1v) is 7.35. The molecular formula is C13H23ClN2S. The summed E-state index contributed by atoms with van der Waals surface area (Å²) < 4.78 is 0.868. The van der Waals surface area contributed by atoms with Crippen molar-refractivity contribution < 1.29 is 0 Å². The van der Waals surface area contributed by atoms with Crippen LogP contribution in [0.25, 0.3) is 0 Å². The molecule has 0 aliphatic carbocycles. The molecule has 2 nitrogen and oxygen atoms in total. The van der Waals surface area contributed by atoms with E-state index in [9.17, 15) is 0 Å². The zero-order valence-electron chi connectivity index (χ0n) is 11.2. The van der Waals surface area contributed by atoms with Gasteiger partial charge in [-0.2, -0.15) is 0 Å². The average Bonchev–Trinajstić information content (AvgIpc) is 2.69. The number of thiophene rings is 1. The number of hydrogen-bond acceptors (Lipinski definition) is 3. The molecule has 0 fully saturated rings. The summed E-state index contributed by atoms with van der Waals surface area (Å²) >= 11 is 7.53. The standard InChI is InChI=1S/C13H23ClN2S/c1-10(2)11(3)16(4)8-7-15-9-12-5-6-13(14)17-12/h5-6,10-11,15H,7-9H2,1-4H3. The van der Waals surface area contributed by atoms with Gasteiger partial charge in [-0.1, -0.05) is 25.4 Å². The quantitative estimate of drug-likeness (QED) is 0.766. The van der Waals surface area contributed by atoms with Crippen LogP contribution in [0.5, 0.6) is 0 Å². The first-order valence-electron chi connectivity index (χ1n) is 6.16. The molecule has 1 unspecified atom stereocenters. The number of halogens is 1. The molecule has 0 aliphatic rings. The summed E-state index contributed by atoms with van der Waals surface area (Å²) in [7, 11) is 2.19. The zero-order valence-corrected chi connectivity index (χ0v) is 12.7. The molecule has 98 valence electrons. The monoisotopic (exact) mass is 274 g/mol. The highest BCUT2D eigenvalue weighted by atomic mass is 35.5. The van der Waals surface area contributed by atoms with Gasteiger partial charge in [-0.25, -0.2) is 0 Å². The number of likely N-dealkylation sites (N-methyl/N-ethyl adjacent to an activating group) is 1. The molecule has 0 saturated carbocycles. The van der Waals surface area contributed by atoms with Crippen molar-refractivity contribution in [3.8, 4) is 0 Å². The number of nitrogens with zero attached hydrogens (tertiary/aromatic N) is 1. The Bertz CT molecular complexity index is 325. The van der Waals surface area contributed by atoms with Crippen molar-refractivity contribution in [3.05, 3.63) is 21.3 Å². The van der Waals surface area contributed by atoms with Gasteiger partial charge in [0.15, 0.2) is 0 Å². The van der Waals surface area contributed by atoms with Crippen LogP contribution >= 0.6 is 22.9 Å². The third-order valence-electron chi connectivity index (χ3n) is 3.23. The lowest BCUT2D eigenvalue weighted by molar-refractivity contribution is 0.208. The summed E-state index contributed by atoms with van der Waals surface area (Å²) in [6, 6.07) is 4.67. The molecule has 1 heterocycles. The van der Waals surface area contributed by atoms with Gasteiger partial charge in [0, 0.05) is 30.6 Å².